The van der Waals surface area contributed by atoms with Crippen LogP contribution in [0.25, 0.3) is 0 Å². The molecule has 4 heteroatoms. The van der Waals surface area contributed by atoms with Crippen molar-refractivity contribution in [2.24, 2.45) is 11.7 Å². The zero-order valence-electron chi connectivity index (χ0n) is 13.1. The van der Waals surface area contributed by atoms with E-state index in [0.717, 1.165) is 37.9 Å². The number of carbonyl (C=O) groups excluding carboxylic acids is 2. The van der Waals surface area contributed by atoms with E-state index in [1.54, 1.807) is 6.08 Å². The zero-order valence-corrected chi connectivity index (χ0v) is 13.1. The molecule has 0 saturated carbocycles. The molecule has 2 rings (SSSR count). The van der Waals surface area contributed by atoms with Gasteiger partial charge in [0.05, 0.1) is 0 Å². The van der Waals surface area contributed by atoms with Gasteiger partial charge in [-0.2, -0.15) is 0 Å². The standard InChI is InChI=1S/C18H24N2O2/c1-2-14(6-5-9-17(19)21)10-11-18(22)20-13-12-15-7-3-4-8-16(15)20/h3-4,7-8,10-11,14H,2,5-6,9,12-13H2,1H3,(H2,19,21)/t14-/m0/s1. The van der Waals surface area contributed by atoms with Crippen molar-refractivity contribution in [1.29, 1.82) is 0 Å². The molecular formula is C18H24N2O2. The number of anilines is 1. The number of nitrogens with two attached hydrogens (primary N) is 1. The van der Waals surface area contributed by atoms with Gasteiger partial charge in [-0.15, -0.1) is 0 Å². The SMILES string of the molecule is CC[C@H](C=CC(=O)N1CCc2ccccc21)CCCC(N)=O. The summed E-state index contributed by atoms with van der Waals surface area (Å²) in [4.78, 5) is 25.0. The van der Waals surface area contributed by atoms with Crippen LogP contribution in [-0.2, 0) is 16.0 Å². The molecule has 118 valence electrons. The summed E-state index contributed by atoms with van der Waals surface area (Å²) in [6.45, 7) is 2.84. The lowest BCUT2D eigenvalue weighted by Crippen LogP contribution is -2.27. The van der Waals surface area contributed by atoms with E-state index in [1.165, 1.54) is 5.56 Å². The Kier molecular flexibility index (Phi) is 5.75. The minimum absolute atomic E-state index is 0.0401. The Morgan fingerprint density at radius 1 is 1.36 bits per heavy atom. The van der Waals surface area contributed by atoms with Crippen LogP contribution in [-0.4, -0.2) is 18.4 Å². The van der Waals surface area contributed by atoms with Gasteiger partial charge in [-0.1, -0.05) is 31.2 Å². The summed E-state index contributed by atoms with van der Waals surface area (Å²) in [7, 11) is 0. The number of carbonyl (C=O) groups is 2. The molecule has 0 spiro atoms. The minimum Gasteiger partial charge on any atom is -0.370 e. The van der Waals surface area contributed by atoms with Gasteiger partial charge < -0.3 is 10.6 Å². The number of hydrogen-bond donors (Lipinski definition) is 1. The van der Waals surface area contributed by atoms with E-state index < -0.39 is 0 Å². The Hall–Kier alpha value is -2.10. The normalized spacial score (nSPS) is 15.0. The third kappa shape index (κ3) is 4.20. The van der Waals surface area contributed by atoms with E-state index in [4.69, 9.17) is 5.73 Å². The van der Waals surface area contributed by atoms with Gasteiger partial charge in [-0.05, 0) is 49.3 Å². The molecule has 0 radical (unpaired) electrons. The Morgan fingerprint density at radius 3 is 2.86 bits per heavy atom. The van der Waals surface area contributed by atoms with Crippen molar-refractivity contribution in [1.82, 2.24) is 0 Å². The van der Waals surface area contributed by atoms with E-state index >= 15 is 0 Å². The maximum atomic E-state index is 12.4. The second-order valence-corrected chi connectivity index (χ2v) is 5.75. The van der Waals surface area contributed by atoms with E-state index in [1.807, 2.05) is 29.2 Å². The average Bonchev–Trinajstić information content (AvgIpc) is 2.94. The molecule has 1 atom stereocenters. The molecule has 1 heterocycles. The molecule has 0 bridgehead atoms. The number of para-hydroxylation sites is 1. The van der Waals surface area contributed by atoms with E-state index in [2.05, 4.69) is 13.0 Å². The molecule has 2 amide bonds. The molecule has 1 aromatic rings. The van der Waals surface area contributed by atoms with Crippen molar-refractivity contribution >= 4 is 17.5 Å². The predicted octanol–water partition coefficient (Wildman–Crippen LogP) is 2.81. The van der Waals surface area contributed by atoms with E-state index in [0.29, 0.717) is 12.3 Å². The topological polar surface area (TPSA) is 63.4 Å². The third-order valence-corrected chi connectivity index (χ3v) is 4.19. The lowest BCUT2D eigenvalue weighted by molar-refractivity contribution is -0.118. The van der Waals surface area contributed by atoms with Gasteiger partial charge >= 0.3 is 0 Å². The number of amides is 2. The van der Waals surface area contributed by atoms with Crippen LogP contribution in [0.2, 0.25) is 0 Å². The summed E-state index contributed by atoms with van der Waals surface area (Å²) in [5, 5.41) is 0. The lowest BCUT2D eigenvalue weighted by atomic mass is 9.98. The third-order valence-electron chi connectivity index (χ3n) is 4.19. The molecule has 4 nitrogen and oxygen atoms in total. The number of rotatable bonds is 7. The summed E-state index contributed by atoms with van der Waals surface area (Å²) < 4.78 is 0. The van der Waals surface area contributed by atoms with Crippen LogP contribution in [0, 0.1) is 5.92 Å². The minimum atomic E-state index is -0.261. The highest BCUT2D eigenvalue weighted by molar-refractivity contribution is 6.02. The van der Waals surface area contributed by atoms with Crippen LogP contribution in [0.1, 0.15) is 38.2 Å². The van der Waals surface area contributed by atoms with Crippen molar-refractivity contribution in [2.75, 3.05) is 11.4 Å². The van der Waals surface area contributed by atoms with Gasteiger partial charge in [0.15, 0.2) is 0 Å². The fourth-order valence-electron chi connectivity index (χ4n) is 2.85. The Morgan fingerprint density at radius 2 is 2.14 bits per heavy atom. The van der Waals surface area contributed by atoms with Crippen molar-refractivity contribution < 1.29 is 9.59 Å². The highest BCUT2D eigenvalue weighted by Gasteiger charge is 2.22. The van der Waals surface area contributed by atoms with Crippen LogP contribution in [0.5, 0.6) is 0 Å². The molecule has 1 aliphatic heterocycles. The first-order chi connectivity index (χ1) is 10.6. The maximum absolute atomic E-state index is 12.4. The van der Waals surface area contributed by atoms with Crippen molar-refractivity contribution in [3.63, 3.8) is 0 Å². The first-order valence-corrected chi connectivity index (χ1v) is 7.97. The van der Waals surface area contributed by atoms with Gasteiger partial charge in [0.2, 0.25) is 5.91 Å². The lowest BCUT2D eigenvalue weighted by Gasteiger charge is -2.15. The molecule has 0 aromatic heterocycles. The van der Waals surface area contributed by atoms with Crippen molar-refractivity contribution in [2.45, 2.75) is 39.0 Å². The fraction of sp³-hybridized carbons (Fsp3) is 0.444. The van der Waals surface area contributed by atoms with Crippen LogP contribution >= 0.6 is 0 Å². The summed E-state index contributed by atoms with van der Waals surface area (Å²) in [5.74, 6) is 0.100. The molecular weight excluding hydrogens is 276 g/mol. The van der Waals surface area contributed by atoms with Crippen LogP contribution in [0.15, 0.2) is 36.4 Å². The van der Waals surface area contributed by atoms with Gasteiger partial charge in [0.1, 0.15) is 0 Å². The van der Waals surface area contributed by atoms with Gasteiger partial charge in [-0.25, -0.2) is 0 Å². The smallest absolute Gasteiger partial charge is 0.250 e. The largest absolute Gasteiger partial charge is 0.370 e. The maximum Gasteiger partial charge on any atom is 0.250 e. The van der Waals surface area contributed by atoms with Crippen LogP contribution in [0.3, 0.4) is 0 Å². The number of allylic oxidation sites excluding steroid dienone is 1. The second kappa shape index (κ2) is 7.78. The number of primary amides is 1. The quantitative estimate of drug-likeness (QED) is 0.787. The predicted molar refractivity (Wildman–Crippen MR) is 88.5 cm³/mol. The van der Waals surface area contributed by atoms with Crippen molar-refractivity contribution in [3.8, 4) is 0 Å². The fourth-order valence-corrected chi connectivity index (χ4v) is 2.85. The van der Waals surface area contributed by atoms with E-state index in [9.17, 15) is 9.59 Å². The number of nitrogens with zero attached hydrogens (tertiary/aromatic N) is 1. The summed E-state index contributed by atoms with van der Waals surface area (Å²) in [6.07, 6.45) is 7.62. The Balaban J connectivity index is 1.92. The van der Waals surface area contributed by atoms with E-state index in [-0.39, 0.29) is 11.8 Å². The highest BCUT2D eigenvalue weighted by Crippen LogP contribution is 2.27. The van der Waals surface area contributed by atoms with Crippen LogP contribution < -0.4 is 10.6 Å². The molecule has 0 saturated heterocycles. The Bertz CT molecular complexity index is 566. The number of fused-ring (bicyclic) bond motifs is 1. The van der Waals surface area contributed by atoms with Gasteiger partial charge in [0, 0.05) is 18.7 Å². The summed E-state index contributed by atoms with van der Waals surface area (Å²) in [5.41, 5.74) is 7.41. The molecule has 0 fully saturated rings. The molecule has 22 heavy (non-hydrogen) atoms. The zero-order chi connectivity index (χ0) is 15.9. The van der Waals surface area contributed by atoms with Gasteiger partial charge in [0.25, 0.3) is 5.91 Å². The molecule has 0 unspecified atom stereocenters. The molecule has 1 aliphatic rings. The second-order valence-electron chi connectivity index (χ2n) is 5.75. The number of hydrogen-bond acceptors (Lipinski definition) is 2. The molecule has 0 aliphatic carbocycles. The van der Waals surface area contributed by atoms with Crippen molar-refractivity contribution in [3.05, 3.63) is 42.0 Å². The first-order valence-electron chi connectivity index (χ1n) is 7.97. The Labute approximate surface area is 132 Å². The first kappa shape index (κ1) is 16.3. The molecule has 1 aromatic carbocycles. The molecule has 2 N–H and O–H groups in total. The van der Waals surface area contributed by atoms with Crippen LogP contribution in [0.4, 0.5) is 5.69 Å². The highest BCUT2D eigenvalue weighted by atomic mass is 16.2. The van der Waals surface area contributed by atoms with Gasteiger partial charge in [-0.3, -0.25) is 9.59 Å². The monoisotopic (exact) mass is 300 g/mol. The average molecular weight is 300 g/mol. The number of benzene rings is 1. The summed E-state index contributed by atoms with van der Waals surface area (Å²) in [6, 6.07) is 8.05. The summed E-state index contributed by atoms with van der Waals surface area (Å²) >= 11 is 0.